The Balaban J connectivity index is 1.32. The smallest absolute Gasteiger partial charge is 0.414 e. The number of carbonyl (C=O) groups excluding carboxylic acids is 4. The highest BCUT2D eigenvalue weighted by atomic mass is 16.6. The van der Waals surface area contributed by atoms with Gasteiger partial charge in [-0.2, -0.15) is 0 Å². The summed E-state index contributed by atoms with van der Waals surface area (Å²) in [4.78, 5) is 52.7. The summed E-state index contributed by atoms with van der Waals surface area (Å²) in [6.45, 7) is 7.45. The molecule has 9 nitrogen and oxygen atoms in total. The molecule has 1 saturated carbocycles. The molecule has 4 rings (SSSR count). The molecule has 3 aliphatic rings. The fraction of sp³-hybridized carbons (Fsp3) is 0.600. The van der Waals surface area contributed by atoms with E-state index in [4.69, 9.17) is 4.74 Å². The Bertz CT molecular complexity index is 983. The second-order valence-corrected chi connectivity index (χ2v) is 10.2. The van der Waals surface area contributed by atoms with Gasteiger partial charge in [0.15, 0.2) is 0 Å². The van der Waals surface area contributed by atoms with Gasteiger partial charge in [0.2, 0.25) is 5.91 Å². The maximum atomic E-state index is 13.2. The van der Waals surface area contributed by atoms with Crippen molar-refractivity contribution in [1.29, 1.82) is 0 Å². The van der Waals surface area contributed by atoms with E-state index >= 15 is 0 Å². The van der Waals surface area contributed by atoms with Gasteiger partial charge < -0.3 is 15.4 Å². The number of ether oxygens (including phenoxy) is 1. The predicted molar refractivity (Wildman–Crippen MR) is 126 cm³/mol. The van der Waals surface area contributed by atoms with Crippen molar-refractivity contribution in [1.82, 2.24) is 15.5 Å². The van der Waals surface area contributed by atoms with Crippen molar-refractivity contribution in [2.75, 3.05) is 24.6 Å². The maximum Gasteiger partial charge on any atom is 0.414 e. The Morgan fingerprint density at radius 3 is 2.62 bits per heavy atom. The highest BCUT2D eigenvalue weighted by Crippen LogP contribution is 2.45. The number of cyclic esters (lactones) is 1. The zero-order valence-electron chi connectivity index (χ0n) is 20.2. The first-order chi connectivity index (χ1) is 16.1. The van der Waals surface area contributed by atoms with Crippen LogP contribution in [-0.2, 0) is 20.9 Å². The van der Waals surface area contributed by atoms with Crippen molar-refractivity contribution in [3.8, 4) is 0 Å². The molecule has 2 heterocycles. The third kappa shape index (κ3) is 4.60. The lowest BCUT2D eigenvalue weighted by Gasteiger charge is -2.42. The van der Waals surface area contributed by atoms with Gasteiger partial charge in [0.25, 0.3) is 5.91 Å². The number of hydrogen-bond acceptors (Lipinski definition) is 5. The van der Waals surface area contributed by atoms with Gasteiger partial charge in [-0.3, -0.25) is 19.4 Å². The lowest BCUT2D eigenvalue weighted by atomic mass is 9.65. The summed E-state index contributed by atoms with van der Waals surface area (Å²) in [5.74, 6) is -0.189. The van der Waals surface area contributed by atoms with E-state index < -0.39 is 17.5 Å². The fourth-order valence-electron chi connectivity index (χ4n) is 5.20. The molecule has 184 valence electrons. The van der Waals surface area contributed by atoms with Gasteiger partial charge in [-0.1, -0.05) is 39.3 Å². The second kappa shape index (κ2) is 9.27. The average Bonchev–Trinajstić information content (AvgIpc) is 3.35. The van der Waals surface area contributed by atoms with Crippen LogP contribution in [0.1, 0.15) is 58.4 Å². The molecule has 5 amide bonds. The average molecular weight is 471 g/mol. The number of nitrogens with zero attached hydrogens (tertiary/aromatic N) is 2. The molecule has 1 aliphatic carbocycles. The van der Waals surface area contributed by atoms with E-state index in [2.05, 4.69) is 31.4 Å². The summed E-state index contributed by atoms with van der Waals surface area (Å²) in [5, 5.41) is 5.66. The van der Waals surface area contributed by atoms with E-state index in [9.17, 15) is 19.2 Å². The molecule has 0 atom stereocenters. The van der Waals surface area contributed by atoms with Crippen LogP contribution in [0.2, 0.25) is 0 Å². The minimum absolute atomic E-state index is 0.208. The van der Waals surface area contributed by atoms with Gasteiger partial charge in [-0.25, -0.2) is 9.59 Å². The maximum absolute atomic E-state index is 13.2. The molecule has 0 aromatic heterocycles. The van der Waals surface area contributed by atoms with E-state index in [0.717, 1.165) is 29.7 Å². The summed E-state index contributed by atoms with van der Waals surface area (Å²) >= 11 is 0. The molecular weight excluding hydrogens is 436 g/mol. The largest absolute Gasteiger partial charge is 0.447 e. The molecule has 1 spiro atoms. The standard InChI is InChI=1S/C25H34N4O5/c1-4-24(2,3)18-8-10-25(11-9-18)21(31)29(22(32)27-25)16-20(30)26-15-17-6-5-7-19(14-17)28-12-13-34-23(28)33/h5-7,14,18H,4,8-13,15-16H2,1-3H3,(H,26,30)(H,27,32). The molecule has 2 saturated heterocycles. The number of hydrogen-bond donors (Lipinski definition) is 2. The van der Waals surface area contributed by atoms with Crippen LogP contribution in [0.4, 0.5) is 15.3 Å². The van der Waals surface area contributed by atoms with E-state index in [-0.39, 0.29) is 30.5 Å². The van der Waals surface area contributed by atoms with Crippen LogP contribution in [0.25, 0.3) is 0 Å². The lowest BCUT2D eigenvalue weighted by molar-refractivity contribution is -0.136. The third-order valence-electron chi connectivity index (χ3n) is 7.88. The quantitative estimate of drug-likeness (QED) is 0.595. The van der Waals surface area contributed by atoms with Crippen molar-refractivity contribution in [3.05, 3.63) is 29.8 Å². The van der Waals surface area contributed by atoms with Gasteiger partial charge >= 0.3 is 12.1 Å². The Kier molecular flexibility index (Phi) is 6.55. The molecule has 0 unspecified atom stereocenters. The Morgan fingerprint density at radius 1 is 1.24 bits per heavy atom. The van der Waals surface area contributed by atoms with Crippen molar-refractivity contribution in [2.24, 2.45) is 11.3 Å². The van der Waals surface area contributed by atoms with E-state index in [1.54, 1.807) is 12.1 Å². The number of rotatable bonds is 7. The molecule has 9 heteroatoms. The lowest BCUT2D eigenvalue weighted by Crippen LogP contribution is -2.51. The van der Waals surface area contributed by atoms with Crippen LogP contribution >= 0.6 is 0 Å². The Labute approximate surface area is 200 Å². The zero-order chi connectivity index (χ0) is 24.5. The number of carbonyl (C=O) groups is 4. The van der Waals surface area contributed by atoms with Crippen LogP contribution in [0.3, 0.4) is 0 Å². The number of benzene rings is 1. The molecule has 1 aromatic rings. The normalized spacial score (nSPS) is 25.0. The van der Waals surface area contributed by atoms with Crippen molar-refractivity contribution in [2.45, 2.75) is 65.0 Å². The monoisotopic (exact) mass is 470 g/mol. The minimum atomic E-state index is -0.879. The van der Waals surface area contributed by atoms with Crippen molar-refractivity contribution in [3.63, 3.8) is 0 Å². The Hall–Kier alpha value is -3.10. The van der Waals surface area contributed by atoms with Gasteiger partial charge in [0, 0.05) is 12.2 Å². The van der Waals surface area contributed by atoms with Crippen LogP contribution in [-0.4, -0.2) is 54.1 Å². The van der Waals surface area contributed by atoms with Crippen LogP contribution in [0.5, 0.6) is 0 Å². The van der Waals surface area contributed by atoms with Gasteiger partial charge in [0.05, 0.1) is 6.54 Å². The van der Waals surface area contributed by atoms with E-state index in [0.29, 0.717) is 37.6 Å². The van der Waals surface area contributed by atoms with Gasteiger partial charge in [0.1, 0.15) is 18.7 Å². The fourth-order valence-corrected chi connectivity index (χ4v) is 5.20. The van der Waals surface area contributed by atoms with E-state index in [1.807, 2.05) is 12.1 Å². The first-order valence-corrected chi connectivity index (χ1v) is 12.1. The number of amides is 5. The molecule has 3 fully saturated rings. The predicted octanol–water partition coefficient (Wildman–Crippen LogP) is 3.18. The summed E-state index contributed by atoms with van der Waals surface area (Å²) in [7, 11) is 0. The topological polar surface area (TPSA) is 108 Å². The third-order valence-corrected chi connectivity index (χ3v) is 7.88. The highest BCUT2D eigenvalue weighted by Gasteiger charge is 2.53. The molecule has 2 aliphatic heterocycles. The highest BCUT2D eigenvalue weighted by molar-refractivity contribution is 6.09. The number of anilines is 1. The van der Waals surface area contributed by atoms with Crippen molar-refractivity contribution >= 4 is 29.6 Å². The van der Waals surface area contributed by atoms with Gasteiger partial charge in [-0.05, 0) is 54.7 Å². The first-order valence-electron chi connectivity index (χ1n) is 12.1. The number of urea groups is 1. The Morgan fingerprint density at radius 2 is 1.97 bits per heavy atom. The molecule has 1 aromatic carbocycles. The van der Waals surface area contributed by atoms with Crippen molar-refractivity contribution < 1.29 is 23.9 Å². The molecule has 34 heavy (non-hydrogen) atoms. The molecule has 0 radical (unpaired) electrons. The second-order valence-electron chi connectivity index (χ2n) is 10.2. The first kappa shape index (κ1) is 24.0. The van der Waals surface area contributed by atoms with Crippen LogP contribution < -0.4 is 15.5 Å². The SMILES string of the molecule is CCC(C)(C)C1CCC2(CC1)NC(=O)N(CC(=O)NCc1cccc(N3CCOC3=O)c1)C2=O. The minimum Gasteiger partial charge on any atom is -0.447 e. The number of imide groups is 1. The molecule has 2 N–H and O–H groups in total. The summed E-state index contributed by atoms with van der Waals surface area (Å²) in [6.07, 6.45) is 3.66. The summed E-state index contributed by atoms with van der Waals surface area (Å²) in [5.41, 5.74) is 0.832. The zero-order valence-corrected chi connectivity index (χ0v) is 20.2. The molecule has 0 bridgehead atoms. The van der Waals surface area contributed by atoms with Crippen LogP contribution in [0.15, 0.2) is 24.3 Å². The number of nitrogens with one attached hydrogen (secondary N) is 2. The summed E-state index contributed by atoms with van der Waals surface area (Å²) < 4.78 is 4.97. The van der Waals surface area contributed by atoms with Crippen LogP contribution in [0, 0.1) is 11.3 Å². The van der Waals surface area contributed by atoms with Gasteiger partial charge in [-0.15, -0.1) is 0 Å². The summed E-state index contributed by atoms with van der Waals surface area (Å²) in [6, 6.07) is 6.76. The molecular formula is C25H34N4O5. The van der Waals surface area contributed by atoms with E-state index in [1.165, 1.54) is 4.90 Å².